The molecule has 20 rings (SSSR count). The highest BCUT2D eigenvalue weighted by molar-refractivity contribution is 6.44. The molecule has 0 aliphatic carbocycles. The van der Waals surface area contributed by atoms with Crippen LogP contribution >= 0.6 is 0 Å². The zero-order valence-electron chi connectivity index (χ0n) is 73.6. The van der Waals surface area contributed by atoms with Crippen LogP contribution in [0.2, 0.25) is 0 Å². The van der Waals surface area contributed by atoms with Crippen molar-refractivity contribution in [1.82, 2.24) is 15.1 Å². The first-order chi connectivity index (χ1) is 63.9. The second kappa shape index (κ2) is 34.6. The Morgan fingerprint density at radius 1 is 0.260 bits per heavy atom. The number of ether oxygens (including phenoxy) is 8. The maximum absolute atomic E-state index is 15.1. The summed E-state index contributed by atoms with van der Waals surface area (Å²) in [5, 5.41) is 17.9. The molecular weight excluding hydrogens is 1650 g/mol. The van der Waals surface area contributed by atoms with Gasteiger partial charge in [-0.05, 0) is 224 Å². The highest BCUT2D eigenvalue weighted by Crippen LogP contribution is 2.55. The highest BCUT2D eigenvalue weighted by atomic mass is 16.5. The van der Waals surface area contributed by atoms with Gasteiger partial charge in [0.2, 0.25) is 0 Å². The minimum absolute atomic E-state index is 0.00236. The van der Waals surface area contributed by atoms with Crippen LogP contribution in [0.4, 0.5) is 0 Å². The van der Waals surface area contributed by atoms with E-state index in [1.54, 1.807) is 97.1 Å². The number of hydrogen-bond donors (Lipinski definition) is 1. The normalized spacial score (nSPS) is 13.3. The summed E-state index contributed by atoms with van der Waals surface area (Å²) in [6, 6.07) is 54.2. The third-order valence-electron chi connectivity index (χ3n) is 26.2. The van der Waals surface area contributed by atoms with Gasteiger partial charge in [0, 0.05) is 106 Å². The van der Waals surface area contributed by atoms with E-state index in [-0.39, 0.29) is 91.5 Å². The molecule has 0 saturated heterocycles. The van der Waals surface area contributed by atoms with E-state index >= 15 is 4.79 Å². The van der Waals surface area contributed by atoms with Gasteiger partial charge in [-0.15, -0.1) is 0 Å². The van der Waals surface area contributed by atoms with Crippen LogP contribution in [0.15, 0.2) is 182 Å². The first-order valence-corrected chi connectivity index (χ1v) is 45.7. The molecule has 6 amide bonds. The number of benzene rings is 17. The predicted octanol–water partition coefficient (Wildman–Crippen LogP) is 24.2. The summed E-state index contributed by atoms with van der Waals surface area (Å²) in [4.78, 5) is 149. The SMILES string of the molecule is CCCCOC(=O)c1ccc2c3ccc4c5c(ccc(c6ccc(OCCCC)c1c62)c53)C(=O)N(CCc1ccc(Oc2cc3c5c(ccc6c7c(Oc8ccc(CCN9C(=O)c%10ccc%11c%12ccc(OCCCC)c%13c(C(=O)OCCCC)ccc(c%14ccc(c%10c%11%14)C9=O)c%13%12)cc8)cc(C(=O)OCCCC)c8c(C(=O)OCCCC)ccc(c2c56)c87)C(=O)NC3=O)cc1)C4=O. The van der Waals surface area contributed by atoms with Crippen molar-refractivity contribution < 1.29 is 85.8 Å². The Hall–Kier alpha value is -14.9. The Balaban J connectivity index is 0.620. The molecule has 17 aromatic carbocycles. The standard InChI is InChI=1S/C110H93N3O18/c1-7-13-51-124-83-45-43-69-65-29-38-76-92-74(36-27-63(87(65)92)67-31-40-79(97(83)89(67)69)108(121)127-54-16-10-4)103(116)112(105(76)118)49-47-59-19-23-61(24-20-59)130-85-57-81-91-73(101(114)111-102(81)115)35-33-71-96-86(58-82(110(123)129-56-18-12-6)94-78(107(120)126-53-15-9-3)42-34-72(100(94)96)95(85)99(71)91)131-62-25-21-60(22-26-62)48-50-113-104(117)75-37-28-64-68-32-41-80(109(122)128-55-17-11-5)98-84(125-52-14-8-2)46-44-70(90(68)98)66-30-39-77(106(113)119)93(75)88(64)66/h19-46,57-58H,7-18,47-56H2,1-6H3,(H,111,114,115). The fourth-order valence-electron chi connectivity index (χ4n) is 19.7. The van der Waals surface area contributed by atoms with Crippen molar-refractivity contribution >= 4 is 189 Å². The maximum atomic E-state index is 15.1. The Labute approximate surface area is 752 Å². The molecule has 0 aromatic heterocycles. The summed E-state index contributed by atoms with van der Waals surface area (Å²) in [5.74, 6) is -3.22. The van der Waals surface area contributed by atoms with Gasteiger partial charge in [0.1, 0.15) is 34.5 Å². The molecule has 656 valence electrons. The third kappa shape index (κ3) is 14.1. The van der Waals surface area contributed by atoms with E-state index in [4.69, 9.17) is 37.9 Å². The van der Waals surface area contributed by atoms with Crippen LogP contribution in [0.3, 0.4) is 0 Å². The minimum Gasteiger partial charge on any atom is -0.493 e. The Morgan fingerprint density at radius 3 is 0.947 bits per heavy atom. The van der Waals surface area contributed by atoms with E-state index in [2.05, 4.69) is 19.2 Å². The number of imide groups is 3. The lowest BCUT2D eigenvalue weighted by Crippen LogP contribution is -2.41. The second-order valence-electron chi connectivity index (χ2n) is 34.3. The van der Waals surface area contributed by atoms with Crippen LogP contribution in [0, 0.1) is 0 Å². The van der Waals surface area contributed by atoms with Crippen molar-refractivity contribution in [2.45, 2.75) is 131 Å². The summed E-state index contributed by atoms with van der Waals surface area (Å²) >= 11 is 0. The Kier molecular flexibility index (Phi) is 22.3. The van der Waals surface area contributed by atoms with Crippen molar-refractivity contribution in [3.8, 4) is 34.5 Å². The molecule has 0 spiro atoms. The van der Waals surface area contributed by atoms with Crippen LogP contribution in [-0.2, 0) is 31.8 Å². The number of unbranched alkanes of at least 4 members (excludes halogenated alkanes) is 6. The second-order valence-corrected chi connectivity index (χ2v) is 34.3. The molecule has 0 saturated carbocycles. The number of fused-ring (bicyclic) bond motifs is 6. The molecule has 3 aliphatic rings. The number of hydrogen-bond acceptors (Lipinski definition) is 18. The summed E-state index contributed by atoms with van der Waals surface area (Å²) in [7, 11) is 0. The quantitative estimate of drug-likeness (QED) is 0.00981. The fourth-order valence-corrected chi connectivity index (χ4v) is 19.7. The number of carbonyl (C=O) groups is 10. The van der Waals surface area contributed by atoms with Gasteiger partial charge in [-0.3, -0.25) is 43.9 Å². The monoisotopic (exact) mass is 1740 g/mol. The highest BCUT2D eigenvalue weighted by Gasteiger charge is 2.39. The smallest absolute Gasteiger partial charge is 0.338 e. The molecule has 1 N–H and O–H groups in total. The van der Waals surface area contributed by atoms with Crippen molar-refractivity contribution in [3.05, 3.63) is 249 Å². The molecule has 3 heterocycles. The predicted molar refractivity (Wildman–Crippen MR) is 507 cm³/mol. The number of rotatable bonds is 34. The Morgan fingerprint density at radius 2 is 0.557 bits per heavy atom. The third-order valence-corrected chi connectivity index (χ3v) is 26.2. The van der Waals surface area contributed by atoms with Crippen LogP contribution in [-0.4, -0.2) is 122 Å². The van der Waals surface area contributed by atoms with Gasteiger partial charge >= 0.3 is 23.9 Å². The number of carbonyl (C=O) groups excluding carboxylic acids is 10. The van der Waals surface area contributed by atoms with E-state index in [1.165, 1.54) is 9.80 Å². The molecule has 131 heavy (non-hydrogen) atoms. The van der Waals surface area contributed by atoms with Crippen LogP contribution in [0.1, 0.15) is 233 Å². The minimum atomic E-state index is -0.739. The lowest BCUT2D eigenvalue weighted by molar-refractivity contribution is 0.0488. The van der Waals surface area contributed by atoms with Gasteiger partial charge in [0.05, 0.1) is 67.5 Å². The Bertz CT molecular complexity index is 7560. The summed E-state index contributed by atoms with van der Waals surface area (Å²) in [6.45, 7) is 13.9. The number of esters is 4. The average molecular weight is 1740 g/mol. The van der Waals surface area contributed by atoms with Gasteiger partial charge in [0.25, 0.3) is 35.4 Å². The first kappa shape index (κ1) is 84.3. The molecule has 21 nitrogen and oxygen atoms in total. The van der Waals surface area contributed by atoms with Crippen LogP contribution in [0.5, 0.6) is 34.5 Å². The van der Waals surface area contributed by atoms with Crippen LogP contribution in [0.25, 0.3) is 129 Å². The van der Waals surface area contributed by atoms with Gasteiger partial charge < -0.3 is 37.9 Å². The van der Waals surface area contributed by atoms with E-state index in [0.29, 0.717) is 148 Å². The topological polar surface area (TPSA) is 263 Å². The van der Waals surface area contributed by atoms with Crippen molar-refractivity contribution in [2.75, 3.05) is 52.7 Å². The molecular formula is C110H93N3O18. The molecule has 0 fully saturated rings. The van der Waals surface area contributed by atoms with Gasteiger partial charge in [-0.2, -0.15) is 0 Å². The van der Waals surface area contributed by atoms with Crippen molar-refractivity contribution in [1.29, 1.82) is 0 Å². The summed E-state index contributed by atoms with van der Waals surface area (Å²) in [6.07, 6.45) is 9.76. The number of amides is 6. The number of nitrogens with zero attached hydrogens (tertiary/aromatic N) is 2. The molecule has 0 bridgehead atoms. The van der Waals surface area contributed by atoms with E-state index in [0.717, 1.165) is 134 Å². The molecule has 0 unspecified atom stereocenters. The fraction of sp³-hybridized carbons (Fsp3) is 0.255. The van der Waals surface area contributed by atoms with Crippen LogP contribution < -0.4 is 24.3 Å². The first-order valence-electron chi connectivity index (χ1n) is 45.7. The van der Waals surface area contributed by atoms with Crippen molar-refractivity contribution in [2.24, 2.45) is 0 Å². The molecule has 0 atom stereocenters. The molecule has 17 aromatic rings. The zero-order chi connectivity index (χ0) is 90.3. The summed E-state index contributed by atoms with van der Waals surface area (Å²) < 4.78 is 50.5. The lowest BCUT2D eigenvalue weighted by Gasteiger charge is -2.28. The summed E-state index contributed by atoms with van der Waals surface area (Å²) in [5.41, 5.74) is 4.28. The van der Waals surface area contributed by atoms with Crippen molar-refractivity contribution in [3.63, 3.8) is 0 Å². The molecule has 0 radical (unpaired) electrons. The van der Waals surface area contributed by atoms with E-state index < -0.39 is 59.3 Å². The molecule has 3 aliphatic heterocycles. The maximum Gasteiger partial charge on any atom is 0.338 e. The number of nitrogens with one attached hydrogen (secondary N) is 1. The van der Waals surface area contributed by atoms with E-state index in [1.807, 2.05) is 113 Å². The largest absolute Gasteiger partial charge is 0.493 e. The zero-order valence-corrected chi connectivity index (χ0v) is 73.6. The van der Waals surface area contributed by atoms with Gasteiger partial charge in [-0.25, -0.2) is 19.2 Å². The van der Waals surface area contributed by atoms with Gasteiger partial charge in [0.15, 0.2) is 0 Å². The van der Waals surface area contributed by atoms with E-state index in [9.17, 15) is 43.2 Å². The average Bonchev–Trinajstić information content (AvgIpc) is 0.715. The lowest BCUT2D eigenvalue weighted by atomic mass is 9.82. The van der Waals surface area contributed by atoms with Gasteiger partial charge in [-0.1, -0.05) is 165 Å². The molecule has 21 heteroatoms.